The summed E-state index contributed by atoms with van der Waals surface area (Å²) in [5, 5.41) is 3.53. The number of sulfonamides is 1. The van der Waals surface area contributed by atoms with Gasteiger partial charge in [0.15, 0.2) is 0 Å². The first-order valence-corrected chi connectivity index (χ1v) is 16.6. The number of aryl methyl sites for hydroxylation is 1. The van der Waals surface area contributed by atoms with Crippen LogP contribution in [0.2, 0.25) is 5.02 Å². The zero-order valence-electron chi connectivity index (χ0n) is 24.4. The molecule has 0 spiro atoms. The maximum Gasteiger partial charge on any atom is 0.243 e. The summed E-state index contributed by atoms with van der Waals surface area (Å²) in [7, 11) is -3.51. The van der Waals surface area contributed by atoms with E-state index in [9.17, 15) is 18.0 Å². The topological polar surface area (TPSA) is 99.9 Å². The number of benzene rings is 3. The molecule has 3 aromatic carbocycles. The summed E-state index contributed by atoms with van der Waals surface area (Å²) in [4.78, 5) is 29.6. The van der Waals surface area contributed by atoms with E-state index in [-0.39, 0.29) is 36.2 Å². The molecule has 1 aliphatic rings. The Bertz CT molecular complexity index is 1620. The molecule has 10 heteroatoms. The highest BCUT2D eigenvalue weighted by molar-refractivity contribution is 7.89. The molecule has 4 aromatic rings. The van der Waals surface area contributed by atoms with Crippen molar-refractivity contribution in [2.45, 2.75) is 56.1 Å². The summed E-state index contributed by atoms with van der Waals surface area (Å²) >= 11 is 6.12. The summed E-state index contributed by atoms with van der Waals surface area (Å²) in [6, 6.07) is 26.3. The zero-order valence-corrected chi connectivity index (χ0v) is 26.0. The van der Waals surface area contributed by atoms with Gasteiger partial charge in [-0.2, -0.15) is 4.31 Å². The molecule has 44 heavy (non-hydrogen) atoms. The van der Waals surface area contributed by atoms with Crippen LogP contribution in [-0.2, 0) is 45.5 Å². The Balaban J connectivity index is 1.35. The molecule has 0 aliphatic carbocycles. The standard InChI is InChI=1S/C34H36ClN3O5S/c35-29-15-10-28(11-16-29)25-38(32(23-27-7-2-1-3-8-27)34(40)36-24-30-9-6-22-43-30)33(39)19-14-26-12-17-31(18-13-26)44(41,42)37-20-4-5-21-37/h1-3,6-13,15-18,22,32H,4-5,14,19-21,23-25H2,(H,36,40). The van der Waals surface area contributed by atoms with E-state index in [4.69, 9.17) is 16.0 Å². The minimum absolute atomic E-state index is 0.141. The van der Waals surface area contributed by atoms with Crippen molar-refractivity contribution < 1.29 is 22.4 Å². The lowest BCUT2D eigenvalue weighted by atomic mass is 10.0. The Kier molecular flexibility index (Phi) is 10.5. The monoisotopic (exact) mass is 633 g/mol. The fourth-order valence-corrected chi connectivity index (χ4v) is 6.99. The fraction of sp³-hybridized carbons (Fsp3) is 0.294. The number of carbonyl (C=O) groups is 2. The third kappa shape index (κ3) is 8.16. The SMILES string of the molecule is O=C(NCc1ccco1)C(Cc1ccccc1)N(Cc1ccc(Cl)cc1)C(=O)CCc1ccc(S(=O)(=O)N2CCCC2)cc1. The second kappa shape index (κ2) is 14.7. The van der Waals surface area contributed by atoms with E-state index in [0.29, 0.717) is 36.7 Å². The van der Waals surface area contributed by atoms with Crippen molar-refractivity contribution >= 4 is 33.4 Å². The lowest BCUT2D eigenvalue weighted by molar-refractivity contribution is -0.141. The highest BCUT2D eigenvalue weighted by Gasteiger charge is 2.31. The van der Waals surface area contributed by atoms with E-state index in [2.05, 4.69) is 5.32 Å². The smallest absolute Gasteiger partial charge is 0.243 e. The number of furan rings is 1. The first-order chi connectivity index (χ1) is 21.3. The number of amides is 2. The van der Waals surface area contributed by atoms with Gasteiger partial charge in [-0.1, -0.05) is 66.2 Å². The maximum atomic E-state index is 14.0. The van der Waals surface area contributed by atoms with Crippen molar-refractivity contribution in [2.75, 3.05) is 13.1 Å². The van der Waals surface area contributed by atoms with Gasteiger partial charge >= 0.3 is 0 Å². The number of hydrogen-bond donors (Lipinski definition) is 1. The van der Waals surface area contributed by atoms with E-state index in [1.807, 2.05) is 42.5 Å². The van der Waals surface area contributed by atoms with Gasteiger partial charge in [0.2, 0.25) is 21.8 Å². The Labute approximate surface area is 263 Å². The van der Waals surface area contributed by atoms with E-state index in [0.717, 1.165) is 29.5 Å². The van der Waals surface area contributed by atoms with Gasteiger partial charge in [0, 0.05) is 37.5 Å². The summed E-state index contributed by atoms with van der Waals surface area (Å²) in [6.45, 7) is 1.50. The van der Waals surface area contributed by atoms with E-state index in [1.165, 1.54) is 4.31 Å². The van der Waals surface area contributed by atoms with Gasteiger partial charge in [-0.15, -0.1) is 0 Å². The fourth-order valence-electron chi connectivity index (χ4n) is 5.35. The molecule has 1 N–H and O–H groups in total. The van der Waals surface area contributed by atoms with Gasteiger partial charge in [-0.3, -0.25) is 9.59 Å². The van der Waals surface area contributed by atoms with Crippen LogP contribution in [0.25, 0.3) is 0 Å². The molecule has 1 aromatic heterocycles. The van der Waals surface area contributed by atoms with Gasteiger partial charge in [-0.25, -0.2) is 8.42 Å². The third-order valence-corrected chi connectivity index (χ3v) is 9.97. The molecular weight excluding hydrogens is 598 g/mol. The number of rotatable bonds is 13. The first kappa shape index (κ1) is 31.5. The Hall–Kier alpha value is -3.92. The van der Waals surface area contributed by atoms with E-state index < -0.39 is 16.1 Å². The Morgan fingerprint density at radius 2 is 1.55 bits per heavy atom. The molecule has 0 radical (unpaired) electrons. The second-order valence-corrected chi connectivity index (χ2v) is 13.3. The minimum atomic E-state index is -3.51. The molecule has 0 saturated carbocycles. The van der Waals surface area contributed by atoms with Crippen LogP contribution < -0.4 is 5.32 Å². The summed E-state index contributed by atoms with van der Waals surface area (Å²) in [5.41, 5.74) is 2.61. The van der Waals surface area contributed by atoms with Gasteiger partial charge in [0.1, 0.15) is 11.8 Å². The minimum Gasteiger partial charge on any atom is -0.467 e. The van der Waals surface area contributed by atoms with Crippen molar-refractivity contribution in [1.29, 1.82) is 0 Å². The lowest BCUT2D eigenvalue weighted by Crippen LogP contribution is -2.50. The normalized spacial score (nSPS) is 14.3. The van der Waals surface area contributed by atoms with Crippen molar-refractivity contribution in [3.8, 4) is 0 Å². The van der Waals surface area contributed by atoms with E-state index >= 15 is 0 Å². The molecule has 1 atom stereocenters. The number of halogens is 1. The third-order valence-electron chi connectivity index (χ3n) is 7.81. The molecule has 1 saturated heterocycles. The van der Waals surface area contributed by atoms with Crippen LogP contribution in [0.5, 0.6) is 0 Å². The van der Waals surface area contributed by atoms with Crippen molar-refractivity contribution in [3.63, 3.8) is 0 Å². The predicted octanol–water partition coefficient (Wildman–Crippen LogP) is 5.61. The number of hydrogen-bond acceptors (Lipinski definition) is 5. The average Bonchev–Trinajstić information content (AvgIpc) is 3.78. The van der Waals surface area contributed by atoms with Gasteiger partial charge in [0.25, 0.3) is 0 Å². The molecule has 1 unspecified atom stereocenters. The van der Waals surface area contributed by atoms with Crippen molar-refractivity contribution in [2.24, 2.45) is 0 Å². The molecular formula is C34H36ClN3O5S. The second-order valence-electron chi connectivity index (χ2n) is 10.9. The average molecular weight is 634 g/mol. The largest absolute Gasteiger partial charge is 0.467 e. The number of nitrogens with zero attached hydrogens (tertiary/aromatic N) is 2. The summed E-state index contributed by atoms with van der Waals surface area (Å²) < 4.78 is 32.8. The lowest BCUT2D eigenvalue weighted by Gasteiger charge is -2.31. The van der Waals surface area contributed by atoms with Crippen LogP contribution in [0.4, 0.5) is 0 Å². The van der Waals surface area contributed by atoms with Crippen LogP contribution in [0.1, 0.15) is 41.7 Å². The molecule has 5 rings (SSSR count). The predicted molar refractivity (Wildman–Crippen MR) is 169 cm³/mol. The van der Waals surface area contributed by atoms with Gasteiger partial charge in [0.05, 0.1) is 17.7 Å². The first-order valence-electron chi connectivity index (χ1n) is 14.8. The molecule has 2 amide bonds. The molecule has 0 bridgehead atoms. The highest BCUT2D eigenvalue weighted by Crippen LogP contribution is 2.22. The summed E-state index contributed by atoms with van der Waals surface area (Å²) in [6.07, 6.45) is 4.16. The van der Waals surface area contributed by atoms with Gasteiger partial charge in [-0.05, 0) is 72.4 Å². The van der Waals surface area contributed by atoms with Crippen molar-refractivity contribution in [3.05, 3.63) is 125 Å². The van der Waals surface area contributed by atoms with Gasteiger partial charge < -0.3 is 14.6 Å². The number of carbonyl (C=O) groups excluding carboxylic acids is 2. The zero-order chi connectivity index (χ0) is 30.9. The molecule has 1 fully saturated rings. The molecule has 8 nitrogen and oxygen atoms in total. The van der Waals surface area contributed by atoms with Crippen LogP contribution >= 0.6 is 11.6 Å². The molecule has 230 valence electrons. The maximum absolute atomic E-state index is 14.0. The Morgan fingerprint density at radius 1 is 0.864 bits per heavy atom. The highest BCUT2D eigenvalue weighted by atomic mass is 35.5. The molecule has 1 aliphatic heterocycles. The van der Waals surface area contributed by atoms with Crippen LogP contribution in [0, 0.1) is 0 Å². The van der Waals surface area contributed by atoms with Crippen molar-refractivity contribution in [1.82, 2.24) is 14.5 Å². The van der Waals surface area contributed by atoms with Crippen LogP contribution in [0.15, 0.2) is 107 Å². The van der Waals surface area contributed by atoms with Crippen LogP contribution in [-0.4, -0.2) is 48.6 Å². The van der Waals surface area contributed by atoms with Crippen LogP contribution in [0.3, 0.4) is 0 Å². The number of nitrogens with one attached hydrogen (secondary N) is 1. The summed E-state index contributed by atoms with van der Waals surface area (Å²) in [5.74, 6) is 0.134. The quantitative estimate of drug-likeness (QED) is 0.206. The Morgan fingerprint density at radius 3 is 2.20 bits per heavy atom. The molecule has 2 heterocycles. The van der Waals surface area contributed by atoms with E-state index in [1.54, 1.807) is 59.7 Å².